The van der Waals surface area contributed by atoms with Gasteiger partial charge in [0.1, 0.15) is 5.82 Å². The van der Waals surface area contributed by atoms with Crippen LogP contribution in [0.1, 0.15) is 0 Å². The number of nitrogens with zero attached hydrogens (tertiary/aromatic N) is 2. The number of aryl methyl sites for hydroxylation is 1. The second kappa shape index (κ2) is 6.26. The second-order valence-corrected chi connectivity index (χ2v) is 8.91. The number of rotatable bonds is 4. The molecule has 0 saturated heterocycles. The molecule has 0 saturated carbocycles. The van der Waals surface area contributed by atoms with Gasteiger partial charge in [0.25, 0.3) is 0 Å². The molecule has 0 fully saturated rings. The highest BCUT2D eigenvalue weighted by molar-refractivity contribution is 7.90. The first kappa shape index (κ1) is 16.8. The zero-order chi connectivity index (χ0) is 18.3. The lowest BCUT2D eigenvalue weighted by molar-refractivity contribution is 0.602. The van der Waals surface area contributed by atoms with Crippen LogP contribution >= 0.6 is 11.3 Å². The Morgan fingerprint density at radius 3 is 2.54 bits per heavy atom. The zero-order valence-electron chi connectivity index (χ0n) is 14.3. The van der Waals surface area contributed by atoms with Crippen molar-refractivity contribution < 1.29 is 8.42 Å². The molecule has 4 aromatic rings. The first-order chi connectivity index (χ1) is 12.4. The Morgan fingerprint density at radius 2 is 1.88 bits per heavy atom. The topological polar surface area (TPSA) is 64.0 Å². The minimum atomic E-state index is -3.20. The van der Waals surface area contributed by atoms with Crippen molar-refractivity contribution in [1.82, 2.24) is 9.55 Å². The summed E-state index contributed by atoms with van der Waals surface area (Å²) in [5.41, 5.74) is 4.18. The van der Waals surface area contributed by atoms with Crippen molar-refractivity contribution in [2.75, 3.05) is 11.6 Å². The molecule has 0 aliphatic rings. The number of hydrogen-bond acceptors (Lipinski definition) is 5. The highest BCUT2D eigenvalue weighted by Crippen LogP contribution is 2.32. The Kier molecular flexibility index (Phi) is 4.05. The Labute approximate surface area is 155 Å². The van der Waals surface area contributed by atoms with Crippen LogP contribution in [0, 0.1) is 0 Å². The fourth-order valence-corrected chi connectivity index (χ4v) is 4.25. The van der Waals surface area contributed by atoms with E-state index < -0.39 is 9.84 Å². The summed E-state index contributed by atoms with van der Waals surface area (Å²) in [7, 11) is -1.16. The number of pyridine rings is 1. The number of aromatic nitrogens is 2. The fraction of sp³-hybridized carbons (Fsp3) is 0.105. The predicted octanol–water partition coefficient (Wildman–Crippen LogP) is 4.45. The molecule has 26 heavy (non-hydrogen) atoms. The number of fused-ring (bicyclic) bond motifs is 1. The maximum atomic E-state index is 11.6. The van der Waals surface area contributed by atoms with E-state index in [1.165, 1.54) is 11.8 Å². The van der Waals surface area contributed by atoms with Crippen LogP contribution < -0.4 is 5.32 Å². The van der Waals surface area contributed by atoms with Crippen molar-refractivity contribution in [3.05, 3.63) is 59.4 Å². The Hall–Kier alpha value is -2.64. The lowest BCUT2D eigenvalue weighted by atomic mass is 10.2. The molecule has 5 nitrogen and oxygen atoms in total. The maximum Gasteiger partial charge on any atom is 0.175 e. The smallest absolute Gasteiger partial charge is 0.175 e. The molecule has 0 unspecified atom stereocenters. The largest absolute Gasteiger partial charge is 0.343 e. The molecule has 0 atom stereocenters. The molecule has 1 aromatic carbocycles. The van der Waals surface area contributed by atoms with Crippen LogP contribution in [0.4, 0.5) is 11.5 Å². The zero-order valence-corrected chi connectivity index (χ0v) is 15.9. The summed E-state index contributed by atoms with van der Waals surface area (Å²) in [6.07, 6.45) is 2.97. The average molecular weight is 383 g/mol. The summed E-state index contributed by atoms with van der Waals surface area (Å²) in [4.78, 5) is 4.77. The van der Waals surface area contributed by atoms with E-state index in [1.54, 1.807) is 41.8 Å². The fourth-order valence-electron chi connectivity index (χ4n) is 2.97. The highest BCUT2D eigenvalue weighted by atomic mass is 32.2. The van der Waals surface area contributed by atoms with Gasteiger partial charge in [0, 0.05) is 47.2 Å². The second-order valence-electron chi connectivity index (χ2n) is 6.11. The van der Waals surface area contributed by atoms with Gasteiger partial charge in [0.15, 0.2) is 9.84 Å². The molecule has 1 N–H and O–H groups in total. The van der Waals surface area contributed by atoms with Gasteiger partial charge in [-0.1, -0.05) is 0 Å². The van der Waals surface area contributed by atoms with E-state index in [0.717, 1.165) is 28.1 Å². The van der Waals surface area contributed by atoms with Gasteiger partial charge in [-0.2, -0.15) is 11.3 Å². The first-order valence-electron chi connectivity index (χ1n) is 7.97. The first-order valence-corrected chi connectivity index (χ1v) is 10.8. The summed E-state index contributed by atoms with van der Waals surface area (Å²) in [6.45, 7) is 0. The van der Waals surface area contributed by atoms with E-state index in [2.05, 4.69) is 37.8 Å². The van der Waals surface area contributed by atoms with Gasteiger partial charge in [-0.05, 0) is 47.8 Å². The molecule has 0 spiro atoms. The summed E-state index contributed by atoms with van der Waals surface area (Å²) >= 11 is 1.67. The van der Waals surface area contributed by atoms with Gasteiger partial charge in [0.2, 0.25) is 0 Å². The van der Waals surface area contributed by atoms with Crippen LogP contribution in [0.25, 0.3) is 22.2 Å². The van der Waals surface area contributed by atoms with Crippen molar-refractivity contribution in [2.45, 2.75) is 4.90 Å². The van der Waals surface area contributed by atoms with E-state index in [0.29, 0.717) is 4.90 Å². The van der Waals surface area contributed by atoms with Crippen LogP contribution in [0.2, 0.25) is 0 Å². The van der Waals surface area contributed by atoms with Crippen molar-refractivity contribution >= 4 is 43.6 Å². The van der Waals surface area contributed by atoms with Crippen LogP contribution in [0.5, 0.6) is 0 Å². The summed E-state index contributed by atoms with van der Waals surface area (Å²) < 4.78 is 25.3. The molecule has 0 bridgehead atoms. The Morgan fingerprint density at radius 1 is 1.12 bits per heavy atom. The number of hydrogen-bond donors (Lipinski definition) is 1. The molecule has 7 heteroatoms. The number of thiophene rings is 1. The van der Waals surface area contributed by atoms with Crippen molar-refractivity contribution in [3.8, 4) is 11.3 Å². The quantitative estimate of drug-likeness (QED) is 0.565. The lowest BCUT2D eigenvalue weighted by Crippen LogP contribution is -1.98. The van der Waals surface area contributed by atoms with E-state index in [9.17, 15) is 8.42 Å². The van der Waals surface area contributed by atoms with Crippen molar-refractivity contribution in [2.24, 2.45) is 7.05 Å². The Balaban J connectivity index is 1.74. The third-order valence-corrected chi connectivity index (χ3v) is 6.14. The summed E-state index contributed by atoms with van der Waals surface area (Å²) in [5, 5.41) is 8.50. The van der Waals surface area contributed by atoms with Gasteiger partial charge in [-0.15, -0.1) is 0 Å². The van der Waals surface area contributed by atoms with E-state index in [-0.39, 0.29) is 0 Å². The van der Waals surface area contributed by atoms with Crippen molar-refractivity contribution in [3.63, 3.8) is 0 Å². The normalized spacial score (nSPS) is 11.8. The minimum Gasteiger partial charge on any atom is -0.343 e. The van der Waals surface area contributed by atoms with Gasteiger partial charge in [0.05, 0.1) is 10.4 Å². The molecule has 4 rings (SSSR count). The summed E-state index contributed by atoms with van der Waals surface area (Å²) in [5.74, 6) is 0.742. The van der Waals surface area contributed by atoms with Gasteiger partial charge in [-0.3, -0.25) is 0 Å². The van der Waals surface area contributed by atoms with Gasteiger partial charge in [-0.25, -0.2) is 13.4 Å². The summed E-state index contributed by atoms with van der Waals surface area (Å²) in [6, 6.07) is 12.9. The molecule has 3 heterocycles. The van der Waals surface area contributed by atoms with Crippen LogP contribution in [-0.4, -0.2) is 24.2 Å². The minimum absolute atomic E-state index is 0.300. The molecule has 3 aromatic heterocycles. The third kappa shape index (κ3) is 3.00. The van der Waals surface area contributed by atoms with E-state index in [4.69, 9.17) is 0 Å². The molecule has 0 aliphatic carbocycles. The van der Waals surface area contributed by atoms with E-state index >= 15 is 0 Å². The number of anilines is 2. The molecule has 132 valence electrons. The van der Waals surface area contributed by atoms with Crippen LogP contribution in [-0.2, 0) is 16.9 Å². The molecule has 0 radical (unpaired) electrons. The van der Waals surface area contributed by atoms with Crippen molar-refractivity contribution in [1.29, 1.82) is 0 Å². The molecule has 0 amide bonds. The molecular formula is C19H17N3O2S2. The third-order valence-electron chi connectivity index (χ3n) is 4.33. The maximum absolute atomic E-state index is 11.6. The molecule has 0 aliphatic heterocycles. The lowest BCUT2D eigenvalue weighted by Gasteiger charge is -2.08. The van der Waals surface area contributed by atoms with Crippen LogP contribution in [0.15, 0.2) is 64.3 Å². The number of sulfone groups is 1. The number of nitrogens with one attached hydrogen (secondary N) is 1. The Bertz CT molecular complexity index is 1180. The average Bonchev–Trinajstić information content (AvgIpc) is 3.24. The monoisotopic (exact) mass is 383 g/mol. The van der Waals surface area contributed by atoms with Crippen LogP contribution in [0.3, 0.4) is 0 Å². The molecular weight excluding hydrogens is 366 g/mol. The van der Waals surface area contributed by atoms with Gasteiger partial charge < -0.3 is 9.88 Å². The predicted molar refractivity (Wildman–Crippen MR) is 107 cm³/mol. The van der Waals surface area contributed by atoms with E-state index in [1.807, 2.05) is 13.1 Å². The van der Waals surface area contributed by atoms with Gasteiger partial charge >= 0.3 is 0 Å². The SMILES string of the molecule is Cn1c(-c2ccsc2)cc2c(Nc3ccc(S(C)(=O)=O)cc3)nccc21. The standard InChI is InChI=1S/C19H17N3O2S2/c1-22-17-7-9-20-19(16(17)11-18(22)13-8-10-25-12-13)21-14-3-5-15(6-4-14)26(2,23)24/h3-12H,1-2H3,(H,20,21). The highest BCUT2D eigenvalue weighted by Gasteiger charge is 2.13. The number of benzene rings is 1.